The van der Waals surface area contributed by atoms with Crippen molar-refractivity contribution in [3.63, 3.8) is 0 Å². The highest BCUT2D eigenvalue weighted by Gasteiger charge is 2.67. The van der Waals surface area contributed by atoms with E-state index in [2.05, 4.69) is 26.0 Å². The maximum Gasteiger partial charge on any atom is 0.305 e. The fraction of sp³-hybridized carbons (Fsp3) is 0.739. The number of carbonyl (C=O) groups is 2. The van der Waals surface area contributed by atoms with Crippen LogP contribution in [0.2, 0.25) is 0 Å². The zero-order valence-corrected chi connectivity index (χ0v) is 17.3. The number of esters is 1. The highest BCUT2D eigenvalue weighted by molar-refractivity contribution is 5.92. The lowest BCUT2D eigenvalue weighted by Gasteiger charge is -2.62. The van der Waals surface area contributed by atoms with Crippen molar-refractivity contribution in [3.05, 3.63) is 23.8 Å². The molecule has 0 radical (unpaired) electrons. The van der Waals surface area contributed by atoms with E-state index in [0.717, 1.165) is 31.3 Å². The molecular weight excluding hydrogens is 354 g/mol. The Kier molecular flexibility index (Phi) is 4.44. The van der Waals surface area contributed by atoms with Gasteiger partial charge in [0.25, 0.3) is 0 Å². The van der Waals surface area contributed by atoms with E-state index in [1.165, 1.54) is 7.11 Å². The Bertz CT molecular complexity index is 773. The minimum atomic E-state index is -0.861. The third kappa shape index (κ3) is 2.45. The van der Waals surface area contributed by atoms with Crippen LogP contribution in [0.1, 0.15) is 65.2 Å². The average molecular weight is 388 g/mol. The summed E-state index contributed by atoms with van der Waals surface area (Å²) in [5.41, 5.74) is 6.54. The van der Waals surface area contributed by atoms with E-state index in [1.54, 1.807) is 6.08 Å². The van der Waals surface area contributed by atoms with Crippen LogP contribution in [0.5, 0.6) is 0 Å². The van der Waals surface area contributed by atoms with E-state index in [4.69, 9.17) is 10.5 Å². The van der Waals surface area contributed by atoms with Crippen LogP contribution < -0.4 is 5.73 Å². The van der Waals surface area contributed by atoms with Crippen molar-refractivity contribution >= 4 is 11.8 Å². The molecular formula is C23H33NO4. The predicted molar refractivity (Wildman–Crippen MR) is 106 cm³/mol. The van der Waals surface area contributed by atoms with Gasteiger partial charge >= 0.3 is 5.97 Å². The molecule has 6 atom stereocenters. The van der Waals surface area contributed by atoms with Crippen LogP contribution in [-0.4, -0.2) is 35.1 Å². The standard InChI is InChI=1S/C23H33NO4/c1-20-9-6-16(25)14-15(20)4-5-18-17-7-10-22(27,11-8-19(26)28-3)21(17,2)12-13-23(18,20)24/h4-5,14,17-18,27H,6-13,24H2,1-3H3. The number of aliphatic hydroxyl groups is 1. The zero-order valence-electron chi connectivity index (χ0n) is 17.3. The number of hydrogen-bond donors (Lipinski definition) is 2. The molecule has 154 valence electrons. The third-order valence-electron chi connectivity index (χ3n) is 9.14. The Hall–Kier alpha value is -1.46. The Balaban J connectivity index is 1.68. The molecule has 28 heavy (non-hydrogen) atoms. The monoisotopic (exact) mass is 387 g/mol. The minimum absolute atomic E-state index is 0.175. The molecule has 2 saturated carbocycles. The second-order valence-corrected chi connectivity index (χ2v) is 9.99. The summed E-state index contributed by atoms with van der Waals surface area (Å²) in [6.45, 7) is 4.41. The lowest BCUT2D eigenvalue weighted by atomic mass is 9.44. The molecule has 0 bridgehead atoms. The molecule has 0 aromatic carbocycles. The van der Waals surface area contributed by atoms with Crippen LogP contribution in [0.4, 0.5) is 0 Å². The summed E-state index contributed by atoms with van der Waals surface area (Å²) in [6.07, 6.45) is 11.4. The van der Waals surface area contributed by atoms with Gasteiger partial charge in [0.05, 0.1) is 12.7 Å². The van der Waals surface area contributed by atoms with Gasteiger partial charge in [-0.3, -0.25) is 9.59 Å². The summed E-state index contributed by atoms with van der Waals surface area (Å²) in [5, 5.41) is 11.6. The molecule has 0 saturated heterocycles. The highest BCUT2D eigenvalue weighted by Crippen LogP contribution is 2.67. The van der Waals surface area contributed by atoms with Crippen LogP contribution in [-0.2, 0) is 14.3 Å². The fourth-order valence-corrected chi connectivity index (χ4v) is 6.96. The summed E-state index contributed by atoms with van der Waals surface area (Å²) in [6, 6.07) is 0. The van der Waals surface area contributed by atoms with E-state index in [-0.39, 0.29) is 40.8 Å². The summed E-state index contributed by atoms with van der Waals surface area (Å²) >= 11 is 0. The molecule has 3 N–H and O–H groups in total. The Morgan fingerprint density at radius 3 is 2.75 bits per heavy atom. The number of carbonyl (C=O) groups excluding carboxylic acids is 2. The molecule has 5 heteroatoms. The topological polar surface area (TPSA) is 89.6 Å². The highest BCUT2D eigenvalue weighted by atomic mass is 16.5. The van der Waals surface area contributed by atoms with Gasteiger partial charge in [-0.15, -0.1) is 0 Å². The average Bonchev–Trinajstić information content (AvgIpc) is 2.93. The largest absolute Gasteiger partial charge is 0.469 e. The quantitative estimate of drug-likeness (QED) is 0.727. The first kappa shape index (κ1) is 19.8. The van der Waals surface area contributed by atoms with E-state index >= 15 is 0 Å². The van der Waals surface area contributed by atoms with Crippen molar-refractivity contribution < 1.29 is 19.4 Å². The molecule has 0 spiro atoms. The van der Waals surface area contributed by atoms with Gasteiger partial charge in [0.2, 0.25) is 0 Å². The molecule has 0 aliphatic heterocycles. The first-order valence-electron chi connectivity index (χ1n) is 10.6. The van der Waals surface area contributed by atoms with E-state index in [0.29, 0.717) is 19.3 Å². The van der Waals surface area contributed by atoms with Gasteiger partial charge < -0.3 is 15.6 Å². The molecule has 5 nitrogen and oxygen atoms in total. The summed E-state index contributed by atoms with van der Waals surface area (Å²) < 4.78 is 4.79. The maximum absolute atomic E-state index is 12.0. The second-order valence-electron chi connectivity index (χ2n) is 9.99. The van der Waals surface area contributed by atoms with Crippen molar-refractivity contribution in [1.82, 2.24) is 0 Å². The van der Waals surface area contributed by atoms with Crippen LogP contribution in [0.15, 0.2) is 23.8 Å². The Morgan fingerprint density at radius 1 is 1.29 bits per heavy atom. The summed E-state index contributed by atoms with van der Waals surface area (Å²) in [4.78, 5) is 23.7. The van der Waals surface area contributed by atoms with Crippen LogP contribution in [0.3, 0.4) is 0 Å². The smallest absolute Gasteiger partial charge is 0.305 e. The van der Waals surface area contributed by atoms with Gasteiger partial charge in [0.15, 0.2) is 5.78 Å². The molecule has 6 unspecified atom stereocenters. The zero-order chi connectivity index (χ0) is 20.4. The number of methoxy groups -OCH3 is 1. The van der Waals surface area contributed by atoms with Crippen molar-refractivity contribution in [2.24, 2.45) is 28.4 Å². The predicted octanol–water partition coefficient (Wildman–Crippen LogP) is 3.06. The first-order valence-corrected chi connectivity index (χ1v) is 10.6. The molecule has 0 aromatic rings. The van der Waals surface area contributed by atoms with Crippen molar-refractivity contribution in [2.45, 2.75) is 76.4 Å². The lowest BCUT2D eigenvalue weighted by molar-refractivity contribution is -0.148. The minimum Gasteiger partial charge on any atom is -0.469 e. The van der Waals surface area contributed by atoms with Crippen molar-refractivity contribution in [3.8, 4) is 0 Å². The van der Waals surface area contributed by atoms with E-state index in [1.807, 2.05) is 0 Å². The van der Waals surface area contributed by atoms with Crippen LogP contribution >= 0.6 is 0 Å². The van der Waals surface area contributed by atoms with E-state index in [9.17, 15) is 14.7 Å². The maximum atomic E-state index is 12.0. The second kappa shape index (κ2) is 6.27. The van der Waals surface area contributed by atoms with Crippen molar-refractivity contribution in [2.75, 3.05) is 7.11 Å². The van der Waals surface area contributed by atoms with Gasteiger partial charge in [-0.25, -0.2) is 0 Å². The van der Waals surface area contributed by atoms with Crippen LogP contribution in [0, 0.1) is 22.7 Å². The van der Waals surface area contributed by atoms with Crippen LogP contribution in [0.25, 0.3) is 0 Å². The van der Waals surface area contributed by atoms with Gasteiger partial charge in [0, 0.05) is 23.8 Å². The normalized spacial score (nSPS) is 47.0. The number of hydrogen-bond acceptors (Lipinski definition) is 5. The third-order valence-corrected chi connectivity index (χ3v) is 9.14. The fourth-order valence-electron chi connectivity index (χ4n) is 6.96. The summed E-state index contributed by atoms with van der Waals surface area (Å²) in [7, 11) is 1.39. The number of fused-ring (bicyclic) bond motifs is 5. The van der Waals surface area contributed by atoms with Gasteiger partial charge in [-0.1, -0.05) is 26.0 Å². The van der Waals surface area contributed by atoms with E-state index < -0.39 is 11.1 Å². The van der Waals surface area contributed by atoms with Crippen molar-refractivity contribution in [1.29, 1.82) is 0 Å². The summed E-state index contributed by atoms with van der Waals surface area (Å²) in [5.74, 6) is 0.379. The number of rotatable bonds is 3. The molecule has 4 aliphatic carbocycles. The van der Waals surface area contributed by atoms with Gasteiger partial charge in [-0.05, 0) is 67.4 Å². The number of nitrogens with two attached hydrogens (primary N) is 1. The SMILES string of the molecule is COC(=O)CCC1(O)CCC2C3C=CC4=CC(=O)CCC4(C)C3(N)CCC21C. The number of ether oxygens (including phenoxy) is 1. The molecule has 0 aromatic heterocycles. The number of ketones is 1. The Labute approximate surface area is 167 Å². The first-order chi connectivity index (χ1) is 13.1. The Morgan fingerprint density at radius 2 is 2.04 bits per heavy atom. The van der Waals surface area contributed by atoms with Gasteiger partial charge in [0.1, 0.15) is 0 Å². The molecule has 4 aliphatic rings. The molecule has 0 heterocycles. The number of allylic oxidation sites excluding steroid dienone is 2. The molecule has 4 rings (SSSR count). The van der Waals surface area contributed by atoms with Gasteiger partial charge in [-0.2, -0.15) is 0 Å². The molecule has 2 fully saturated rings. The molecule has 0 amide bonds. The lowest BCUT2D eigenvalue weighted by Crippen LogP contribution is -2.68.